The van der Waals surface area contributed by atoms with Gasteiger partial charge in [0.1, 0.15) is 11.5 Å². The van der Waals surface area contributed by atoms with Gasteiger partial charge in [0.25, 0.3) is 10.2 Å². The number of nitrogens with zero attached hydrogens (tertiary/aromatic N) is 2. The van der Waals surface area contributed by atoms with E-state index in [1.54, 1.807) is 13.8 Å². The highest BCUT2D eigenvalue weighted by atomic mass is 32.2. The number of H-pyrrole nitrogens is 1. The molecule has 118 valence electrons. The van der Waals surface area contributed by atoms with Gasteiger partial charge < -0.3 is 10.1 Å². The number of hydrogen-bond acceptors (Lipinski definition) is 4. The number of carboxylic acid groups (broad SMARTS) is 1. The highest BCUT2D eigenvalue weighted by Gasteiger charge is 2.45. The third-order valence-corrected chi connectivity index (χ3v) is 5.73. The van der Waals surface area contributed by atoms with Gasteiger partial charge in [0.05, 0.1) is 11.7 Å². The van der Waals surface area contributed by atoms with Gasteiger partial charge in [-0.15, -0.1) is 0 Å². The fourth-order valence-corrected chi connectivity index (χ4v) is 3.68. The average molecular weight is 316 g/mol. The maximum atomic E-state index is 12.4. The topological polar surface area (TPSA) is 115 Å². The molecule has 1 saturated carbocycles. The molecule has 1 aliphatic carbocycles. The second kappa shape index (κ2) is 5.39. The number of rotatable bonds is 6. The van der Waals surface area contributed by atoms with Crippen LogP contribution in [0.5, 0.6) is 0 Å². The summed E-state index contributed by atoms with van der Waals surface area (Å²) >= 11 is 0. The van der Waals surface area contributed by atoms with Gasteiger partial charge >= 0.3 is 5.97 Å². The second-order valence-electron chi connectivity index (χ2n) is 5.60. The molecule has 0 atom stereocenters. The van der Waals surface area contributed by atoms with E-state index in [1.807, 2.05) is 0 Å². The summed E-state index contributed by atoms with van der Waals surface area (Å²) in [7, 11) is -2.16. The van der Waals surface area contributed by atoms with Crippen molar-refractivity contribution in [3.8, 4) is 0 Å². The van der Waals surface area contributed by atoms with Crippen molar-refractivity contribution in [2.75, 3.05) is 7.05 Å². The van der Waals surface area contributed by atoms with Crippen molar-refractivity contribution in [2.24, 2.45) is 0 Å². The van der Waals surface area contributed by atoms with E-state index in [4.69, 9.17) is 5.11 Å². The van der Waals surface area contributed by atoms with Gasteiger partial charge in [-0.25, -0.2) is 9.78 Å². The molecule has 0 aliphatic heterocycles. The Morgan fingerprint density at radius 3 is 2.52 bits per heavy atom. The fourth-order valence-electron chi connectivity index (χ4n) is 2.19. The Labute approximate surface area is 123 Å². The van der Waals surface area contributed by atoms with Crippen molar-refractivity contribution in [1.29, 1.82) is 0 Å². The minimum Gasteiger partial charge on any atom is -0.477 e. The summed E-state index contributed by atoms with van der Waals surface area (Å²) in [6, 6.07) is -0.175. The van der Waals surface area contributed by atoms with Crippen LogP contribution in [0.2, 0.25) is 0 Å². The normalized spacial score (nSPS) is 18.0. The van der Waals surface area contributed by atoms with E-state index < -0.39 is 21.7 Å². The van der Waals surface area contributed by atoms with E-state index >= 15 is 0 Å². The molecule has 1 aromatic rings. The van der Waals surface area contributed by atoms with Crippen molar-refractivity contribution in [3.63, 3.8) is 0 Å². The van der Waals surface area contributed by atoms with Crippen LogP contribution < -0.4 is 4.72 Å². The molecule has 3 N–H and O–H groups in total. The number of imidazole rings is 1. The lowest BCUT2D eigenvalue weighted by atomic mass is 9.77. The maximum Gasteiger partial charge on any atom is 0.353 e. The number of carboxylic acids is 1. The summed E-state index contributed by atoms with van der Waals surface area (Å²) in [4.78, 5) is 17.6. The van der Waals surface area contributed by atoms with Crippen molar-refractivity contribution < 1.29 is 18.3 Å². The van der Waals surface area contributed by atoms with Gasteiger partial charge in [0.2, 0.25) is 0 Å². The number of hydrogen-bond donors (Lipinski definition) is 3. The van der Waals surface area contributed by atoms with Gasteiger partial charge in [0.15, 0.2) is 0 Å². The fraction of sp³-hybridized carbons (Fsp3) is 0.667. The van der Waals surface area contributed by atoms with Crippen LogP contribution >= 0.6 is 0 Å². The van der Waals surface area contributed by atoms with E-state index in [9.17, 15) is 13.2 Å². The number of aromatic carboxylic acids is 1. The van der Waals surface area contributed by atoms with Gasteiger partial charge in [-0.1, -0.05) is 0 Å². The molecule has 0 unspecified atom stereocenters. The van der Waals surface area contributed by atoms with Crippen LogP contribution in [-0.2, 0) is 15.7 Å². The zero-order valence-corrected chi connectivity index (χ0v) is 13.1. The molecule has 1 fully saturated rings. The van der Waals surface area contributed by atoms with Crippen LogP contribution in [0.15, 0.2) is 6.20 Å². The molecule has 0 radical (unpaired) electrons. The Balaban J connectivity index is 2.28. The second-order valence-corrected chi connectivity index (χ2v) is 7.33. The van der Waals surface area contributed by atoms with E-state index in [0.29, 0.717) is 18.7 Å². The van der Waals surface area contributed by atoms with E-state index in [1.165, 1.54) is 17.5 Å². The van der Waals surface area contributed by atoms with E-state index in [0.717, 1.165) is 6.42 Å². The maximum absolute atomic E-state index is 12.4. The van der Waals surface area contributed by atoms with Crippen molar-refractivity contribution in [3.05, 3.63) is 17.7 Å². The molecular formula is C12H20N4O4S. The Hall–Kier alpha value is -1.45. The largest absolute Gasteiger partial charge is 0.477 e. The Morgan fingerprint density at radius 1 is 1.52 bits per heavy atom. The van der Waals surface area contributed by atoms with Crippen molar-refractivity contribution in [1.82, 2.24) is 19.0 Å². The first kappa shape index (κ1) is 15.9. The lowest BCUT2D eigenvalue weighted by Gasteiger charge is -2.41. The molecule has 0 bridgehead atoms. The monoisotopic (exact) mass is 316 g/mol. The summed E-state index contributed by atoms with van der Waals surface area (Å²) in [6.45, 7) is 3.56. The Kier molecular flexibility index (Phi) is 4.09. The molecule has 9 heteroatoms. The lowest BCUT2D eigenvalue weighted by molar-refractivity contribution is 0.0690. The van der Waals surface area contributed by atoms with Gasteiger partial charge in [-0.2, -0.15) is 17.4 Å². The molecule has 1 aliphatic rings. The standard InChI is InChI=1S/C12H20N4O4S/c1-8(2)16(3)21(19,20)15-12(5-4-6-12)11-13-7-9(14-11)10(17)18/h7-8,15H,4-6H2,1-3H3,(H,13,14)(H,17,18). The molecule has 0 spiro atoms. The number of carbonyl (C=O) groups is 1. The predicted molar refractivity (Wildman–Crippen MR) is 76.0 cm³/mol. The zero-order chi connectivity index (χ0) is 15.8. The van der Waals surface area contributed by atoms with Crippen LogP contribution in [0.1, 0.15) is 49.4 Å². The molecule has 0 saturated heterocycles. The first-order valence-electron chi connectivity index (χ1n) is 6.74. The van der Waals surface area contributed by atoms with Crippen LogP contribution in [-0.4, -0.2) is 46.9 Å². The molecule has 1 aromatic heterocycles. The van der Waals surface area contributed by atoms with E-state index in [-0.39, 0.29) is 11.7 Å². The van der Waals surface area contributed by atoms with Gasteiger partial charge in [0, 0.05) is 13.1 Å². The van der Waals surface area contributed by atoms with Crippen molar-refractivity contribution >= 4 is 16.2 Å². The van der Waals surface area contributed by atoms with Crippen LogP contribution in [0.25, 0.3) is 0 Å². The molecule has 0 amide bonds. The molecule has 2 rings (SSSR count). The number of aromatic nitrogens is 2. The predicted octanol–water partition coefficient (Wildman–Crippen LogP) is 0.662. The molecule has 0 aromatic carbocycles. The first-order chi connectivity index (χ1) is 9.68. The minimum atomic E-state index is -3.66. The summed E-state index contributed by atoms with van der Waals surface area (Å²) in [5.41, 5.74) is -0.886. The first-order valence-corrected chi connectivity index (χ1v) is 8.18. The zero-order valence-electron chi connectivity index (χ0n) is 12.3. The third kappa shape index (κ3) is 2.94. The third-order valence-electron chi connectivity index (χ3n) is 3.90. The van der Waals surface area contributed by atoms with Crippen molar-refractivity contribution in [2.45, 2.75) is 44.7 Å². The smallest absolute Gasteiger partial charge is 0.353 e. The van der Waals surface area contributed by atoms with E-state index in [2.05, 4.69) is 14.7 Å². The van der Waals surface area contributed by atoms with Crippen LogP contribution in [0, 0.1) is 0 Å². The highest BCUT2D eigenvalue weighted by Crippen LogP contribution is 2.40. The molecule has 8 nitrogen and oxygen atoms in total. The molecular weight excluding hydrogens is 296 g/mol. The number of nitrogens with one attached hydrogen (secondary N) is 2. The van der Waals surface area contributed by atoms with Crippen LogP contribution in [0.3, 0.4) is 0 Å². The summed E-state index contributed by atoms with van der Waals surface area (Å²) in [5, 5.41) is 8.93. The summed E-state index contributed by atoms with van der Waals surface area (Å²) < 4.78 is 28.6. The summed E-state index contributed by atoms with van der Waals surface area (Å²) in [6.07, 6.45) is 3.24. The minimum absolute atomic E-state index is 0.0484. The van der Waals surface area contributed by atoms with Crippen LogP contribution in [0.4, 0.5) is 0 Å². The highest BCUT2D eigenvalue weighted by molar-refractivity contribution is 7.87. The lowest BCUT2D eigenvalue weighted by Crippen LogP contribution is -2.55. The molecule has 21 heavy (non-hydrogen) atoms. The van der Waals surface area contributed by atoms with Gasteiger partial charge in [-0.3, -0.25) is 0 Å². The number of aromatic amines is 1. The Morgan fingerprint density at radius 2 is 2.14 bits per heavy atom. The summed E-state index contributed by atoms with van der Waals surface area (Å²) in [5.74, 6) is -0.766. The quantitative estimate of drug-likeness (QED) is 0.713. The molecule has 1 heterocycles. The Bertz CT molecular complexity index is 633. The van der Waals surface area contributed by atoms with Gasteiger partial charge in [-0.05, 0) is 33.1 Å². The average Bonchev–Trinajstić information content (AvgIpc) is 2.82. The SMILES string of the molecule is CC(C)N(C)S(=O)(=O)NC1(c2ncc(C(=O)O)[nH]2)CCC1.